The van der Waals surface area contributed by atoms with Crippen molar-refractivity contribution in [3.8, 4) is 11.5 Å². The predicted octanol–water partition coefficient (Wildman–Crippen LogP) is 2.46. The third-order valence-corrected chi connectivity index (χ3v) is 3.67. The molecule has 6 nitrogen and oxygen atoms in total. The summed E-state index contributed by atoms with van der Waals surface area (Å²) in [5, 5.41) is -0.0106. The van der Waals surface area contributed by atoms with Crippen LogP contribution in [0.25, 0.3) is 6.08 Å². The number of thiocarbonyl (C=S) groups is 1. The van der Waals surface area contributed by atoms with Crippen molar-refractivity contribution in [2.45, 2.75) is 13.5 Å². The largest absolute Gasteiger partial charge is 0.493 e. The van der Waals surface area contributed by atoms with E-state index in [1.807, 2.05) is 43.3 Å². The van der Waals surface area contributed by atoms with Crippen molar-refractivity contribution < 1.29 is 14.3 Å². The second-order valence-electron chi connectivity index (χ2n) is 5.44. The summed E-state index contributed by atoms with van der Waals surface area (Å²) in [6.45, 7) is 2.49. The Hall–Kier alpha value is -3.06. The Labute approximate surface area is 158 Å². The van der Waals surface area contributed by atoms with Crippen molar-refractivity contribution in [1.82, 2.24) is 10.9 Å². The molecule has 0 aliphatic carbocycles. The van der Waals surface area contributed by atoms with Crippen molar-refractivity contribution in [1.29, 1.82) is 0 Å². The van der Waals surface area contributed by atoms with E-state index in [-0.39, 0.29) is 11.0 Å². The molecule has 1 amide bonds. The number of nitrogens with one attached hydrogen (secondary N) is 2. The Morgan fingerprint density at radius 2 is 1.96 bits per heavy atom. The molecule has 0 aromatic heterocycles. The molecule has 0 fully saturated rings. The van der Waals surface area contributed by atoms with Gasteiger partial charge in [0.2, 0.25) is 0 Å². The summed E-state index contributed by atoms with van der Waals surface area (Å²) >= 11 is 4.60. The molecule has 0 aliphatic heterocycles. The van der Waals surface area contributed by atoms with E-state index in [4.69, 9.17) is 15.2 Å². The summed E-state index contributed by atoms with van der Waals surface area (Å²) in [7, 11) is 1.57. The number of hydrogen-bond donors (Lipinski definition) is 3. The number of carbonyl (C=O) groups excluding carboxylic acids is 1. The second kappa shape index (κ2) is 9.43. The van der Waals surface area contributed by atoms with Gasteiger partial charge in [0.15, 0.2) is 16.6 Å². The van der Waals surface area contributed by atoms with E-state index in [0.29, 0.717) is 18.1 Å². The Bertz CT molecular complexity index is 821. The number of hydrazine groups is 1. The fraction of sp³-hybridized carbons (Fsp3) is 0.158. The van der Waals surface area contributed by atoms with E-state index in [9.17, 15) is 4.79 Å². The lowest BCUT2D eigenvalue weighted by Gasteiger charge is -2.12. The van der Waals surface area contributed by atoms with Gasteiger partial charge in [0.1, 0.15) is 6.61 Å². The van der Waals surface area contributed by atoms with Gasteiger partial charge in [-0.1, -0.05) is 30.3 Å². The summed E-state index contributed by atoms with van der Waals surface area (Å²) in [6.07, 6.45) is 3.00. The third-order valence-electron chi connectivity index (χ3n) is 3.57. The first-order valence-electron chi connectivity index (χ1n) is 7.88. The van der Waals surface area contributed by atoms with Gasteiger partial charge in [-0.25, -0.2) is 0 Å². The lowest BCUT2D eigenvalue weighted by molar-refractivity contribution is -0.116. The van der Waals surface area contributed by atoms with Crippen LogP contribution in [0.4, 0.5) is 0 Å². The Kier molecular flexibility index (Phi) is 6.99. The van der Waals surface area contributed by atoms with Crippen LogP contribution in [0.2, 0.25) is 0 Å². The molecule has 0 saturated carbocycles. The molecule has 0 aliphatic rings. The SMILES string of the molecule is COc1cc(/C=C/C(=O)NNC(N)=S)ccc1OCc1ccccc1C. The molecule has 0 bridgehead atoms. The van der Waals surface area contributed by atoms with Gasteiger partial charge in [-0.3, -0.25) is 15.6 Å². The normalized spacial score (nSPS) is 10.4. The summed E-state index contributed by atoms with van der Waals surface area (Å²) in [5.74, 6) is 0.839. The number of rotatable bonds is 6. The maximum Gasteiger partial charge on any atom is 0.262 e. The van der Waals surface area contributed by atoms with Gasteiger partial charge in [-0.2, -0.15) is 0 Å². The highest BCUT2D eigenvalue weighted by atomic mass is 32.1. The molecular weight excluding hydrogens is 350 g/mol. The van der Waals surface area contributed by atoms with E-state index in [0.717, 1.165) is 11.1 Å². The quantitative estimate of drug-likeness (QED) is 0.411. The molecule has 2 aromatic carbocycles. The van der Waals surface area contributed by atoms with E-state index in [1.165, 1.54) is 11.6 Å². The van der Waals surface area contributed by atoms with Gasteiger partial charge in [0.25, 0.3) is 5.91 Å². The number of ether oxygens (including phenoxy) is 2. The summed E-state index contributed by atoms with van der Waals surface area (Å²) < 4.78 is 11.3. The molecule has 2 aromatic rings. The minimum Gasteiger partial charge on any atom is -0.493 e. The smallest absolute Gasteiger partial charge is 0.262 e. The first kappa shape index (κ1) is 19.3. The highest BCUT2D eigenvalue weighted by Crippen LogP contribution is 2.29. The van der Waals surface area contributed by atoms with Crippen LogP contribution in [-0.4, -0.2) is 18.1 Å². The molecule has 0 atom stereocenters. The highest BCUT2D eigenvalue weighted by Gasteiger charge is 2.06. The third kappa shape index (κ3) is 5.78. The van der Waals surface area contributed by atoms with E-state index >= 15 is 0 Å². The average molecular weight is 371 g/mol. The molecule has 0 unspecified atom stereocenters. The minimum absolute atomic E-state index is 0.0106. The monoisotopic (exact) mass is 371 g/mol. The molecule has 2 rings (SSSR count). The number of amides is 1. The minimum atomic E-state index is -0.378. The summed E-state index contributed by atoms with van der Waals surface area (Å²) in [6, 6.07) is 13.5. The van der Waals surface area contributed by atoms with Crippen molar-refractivity contribution in [3.05, 3.63) is 65.2 Å². The molecule has 0 spiro atoms. The molecule has 4 N–H and O–H groups in total. The molecule has 0 radical (unpaired) electrons. The average Bonchev–Trinajstić information content (AvgIpc) is 2.64. The molecule has 7 heteroatoms. The van der Waals surface area contributed by atoms with Crippen LogP contribution in [0.1, 0.15) is 16.7 Å². The van der Waals surface area contributed by atoms with Crippen LogP contribution in [0.3, 0.4) is 0 Å². The Morgan fingerprint density at radius 1 is 1.19 bits per heavy atom. The van der Waals surface area contributed by atoms with Crippen molar-refractivity contribution >= 4 is 29.3 Å². The van der Waals surface area contributed by atoms with Gasteiger partial charge >= 0.3 is 0 Å². The Balaban J connectivity index is 2.03. The lowest BCUT2D eigenvalue weighted by atomic mass is 10.1. The van der Waals surface area contributed by atoms with Crippen molar-refractivity contribution in [2.75, 3.05) is 7.11 Å². The second-order valence-corrected chi connectivity index (χ2v) is 5.88. The maximum absolute atomic E-state index is 11.6. The van der Waals surface area contributed by atoms with Crippen molar-refractivity contribution in [3.63, 3.8) is 0 Å². The number of hydrogen-bond acceptors (Lipinski definition) is 4. The van der Waals surface area contributed by atoms with E-state index in [2.05, 4.69) is 23.1 Å². The van der Waals surface area contributed by atoms with Crippen molar-refractivity contribution in [2.24, 2.45) is 5.73 Å². The lowest BCUT2D eigenvalue weighted by Crippen LogP contribution is -2.43. The fourth-order valence-corrected chi connectivity index (χ4v) is 2.22. The first-order chi connectivity index (χ1) is 12.5. The van der Waals surface area contributed by atoms with Crippen LogP contribution < -0.4 is 26.1 Å². The zero-order chi connectivity index (χ0) is 18.9. The molecular formula is C19H21N3O3S. The van der Waals surface area contributed by atoms with Crippen LogP contribution in [-0.2, 0) is 11.4 Å². The number of methoxy groups -OCH3 is 1. The van der Waals surface area contributed by atoms with E-state index in [1.54, 1.807) is 19.3 Å². The molecule has 0 saturated heterocycles. The molecule has 26 heavy (non-hydrogen) atoms. The van der Waals surface area contributed by atoms with Crippen LogP contribution in [0.5, 0.6) is 11.5 Å². The zero-order valence-corrected chi connectivity index (χ0v) is 15.4. The van der Waals surface area contributed by atoms with Gasteiger partial charge in [0, 0.05) is 6.08 Å². The number of benzene rings is 2. The first-order valence-corrected chi connectivity index (χ1v) is 8.29. The van der Waals surface area contributed by atoms with Crippen LogP contribution >= 0.6 is 12.2 Å². The van der Waals surface area contributed by atoms with Gasteiger partial charge in [0.05, 0.1) is 7.11 Å². The number of carbonyl (C=O) groups is 1. The summed E-state index contributed by atoms with van der Waals surface area (Å²) in [4.78, 5) is 11.6. The molecule has 136 valence electrons. The number of nitrogens with two attached hydrogens (primary N) is 1. The van der Waals surface area contributed by atoms with Crippen LogP contribution in [0.15, 0.2) is 48.5 Å². The molecule has 0 heterocycles. The van der Waals surface area contributed by atoms with Crippen LogP contribution in [0, 0.1) is 6.92 Å². The maximum atomic E-state index is 11.6. The van der Waals surface area contributed by atoms with Gasteiger partial charge in [-0.05, 0) is 54.0 Å². The van der Waals surface area contributed by atoms with Gasteiger partial charge < -0.3 is 15.2 Å². The summed E-state index contributed by atoms with van der Waals surface area (Å²) in [5.41, 5.74) is 13.0. The topological polar surface area (TPSA) is 85.6 Å². The van der Waals surface area contributed by atoms with E-state index < -0.39 is 0 Å². The highest BCUT2D eigenvalue weighted by molar-refractivity contribution is 7.80. The number of aryl methyl sites for hydroxylation is 1. The zero-order valence-electron chi connectivity index (χ0n) is 14.6. The standard InChI is InChI=1S/C19H21N3O3S/c1-13-5-3-4-6-15(13)12-25-16-9-7-14(11-17(16)24-2)8-10-18(23)21-22-19(20)26/h3-11H,12H2,1-2H3,(H,21,23)(H3,20,22,26)/b10-8+. The van der Waals surface area contributed by atoms with Gasteiger partial charge in [-0.15, -0.1) is 0 Å². The fourth-order valence-electron chi connectivity index (χ4n) is 2.17. The Morgan fingerprint density at radius 3 is 2.65 bits per heavy atom. The predicted molar refractivity (Wildman–Crippen MR) is 106 cm³/mol.